The molecule has 1 saturated heterocycles. The number of pyridine rings is 1. The van der Waals surface area contributed by atoms with Crippen molar-refractivity contribution in [1.29, 1.82) is 5.26 Å². The monoisotopic (exact) mass is 443 g/mol. The van der Waals surface area contributed by atoms with Crippen LogP contribution in [-0.2, 0) is 16.0 Å². The lowest BCUT2D eigenvalue weighted by atomic mass is 10.1. The molecular formula is C25H25N5O3. The van der Waals surface area contributed by atoms with Crippen LogP contribution in [0.15, 0.2) is 59.0 Å². The Bertz CT molecular complexity index is 1290. The van der Waals surface area contributed by atoms with Gasteiger partial charge in [0.05, 0.1) is 18.8 Å². The van der Waals surface area contributed by atoms with Crippen molar-refractivity contribution >= 4 is 23.4 Å². The van der Waals surface area contributed by atoms with Gasteiger partial charge in [0, 0.05) is 25.8 Å². The topological polar surface area (TPSA) is 99.7 Å². The third-order valence-corrected chi connectivity index (χ3v) is 5.57. The highest BCUT2D eigenvalue weighted by molar-refractivity contribution is 6.02. The highest BCUT2D eigenvalue weighted by Gasteiger charge is 2.21. The zero-order chi connectivity index (χ0) is 23.2. The largest absolute Gasteiger partial charge is 0.378 e. The second-order valence-corrected chi connectivity index (χ2v) is 7.80. The molecule has 3 aromatic rings. The van der Waals surface area contributed by atoms with Crippen LogP contribution in [0.3, 0.4) is 0 Å². The Morgan fingerprint density at radius 3 is 2.70 bits per heavy atom. The van der Waals surface area contributed by atoms with E-state index >= 15 is 0 Å². The molecule has 0 radical (unpaired) electrons. The first kappa shape index (κ1) is 22.2. The van der Waals surface area contributed by atoms with Crippen molar-refractivity contribution in [3.8, 4) is 6.07 Å². The van der Waals surface area contributed by atoms with Crippen LogP contribution in [0.5, 0.6) is 0 Å². The minimum atomic E-state index is -0.518. The molecule has 33 heavy (non-hydrogen) atoms. The van der Waals surface area contributed by atoms with E-state index in [-0.39, 0.29) is 16.7 Å². The normalized spacial score (nSPS) is 14.2. The molecule has 4 rings (SSSR count). The highest BCUT2D eigenvalue weighted by atomic mass is 16.5. The molecule has 1 aliphatic heterocycles. The van der Waals surface area contributed by atoms with Gasteiger partial charge < -0.3 is 15.0 Å². The Kier molecular flexibility index (Phi) is 6.81. The van der Waals surface area contributed by atoms with Crippen molar-refractivity contribution < 1.29 is 9.53 Å². The fourth-order valence-electron chi connectivity index (χ4n) is 3.80. The third-order valence-electron chi connectivity index (χ3n) is 5.57. The molecule has 1 fully saturated rings. The van der Waals surface area contributed by atoms with Gasteiger partial charge in [-0.05, 0) is 36.6 Å². The van der Waals surface area contributed by atoms with Gasteiger partial charge in [0.15, 0.2) is 0 Å². The number of hydrogen-bond donors (Lipinski definition) is 1. The van der Waals surface area contributed by atoms with E-state index in [1.807, 2.05) is 54.3 Å². The molecule has 0 aliphatic carbocycles. The standard InChI is InChI=1S/C25H25N5O3/c1-18-6-5-11-30-22(18)28-23(29-12-14-33-15-13-29)21(25(30)32)16-20(17-26)24(31)27-10-9-19-7-3-2-4-8-19/h2-8,11,16H,9-10,12-15H2,1H3,(H,27,31)/b20-16+. The number of fused-ring (bicyclic) bond motifs is 1. The van der Waals surface area contributed by atoms with Gasteiger partial charge in [0.2, 0.25) is 0 Å². The van der Waals surface area contributed by atoms with Crippen LogP contribution in [0.1, 0.15) is 16.7 Å². The summed E-state index contributed by atoms with van der Waals surface area (Å²) >= 11 is 0. The van der Waals surface area contributed by atoms with Gasteiger partial charge in [-0.25, -0.2) is 4.98 Å². The zero-order valence-corrected chi connectivity index (χ0v) is 18.5. The van der Waals surface area contributed by atoms with Crippen molar-refractivity contribution in [1.82, 2.24) is 14.7 Å². The summed E-state index contributed by atoms with van der Waals surface area (Å²) in [7, 11) is 0. The summed E-state index contributed by atoms with van der Waals surface area (Å²) in [5.74, 6) is -0.0578. The molecule has 0 bridgehead atoms. The zero-order valence-electron chi connectivity index (χ0n) is 18.5. The number of benzene rings is 1. The second kappa shape index (κ2) is 10.1. The van der Waals surface area contributed by atoms with Crippen molar-refractivity contribution in [2.75, 3.05) is 37.7 Å². The first-order valence-corrected chi connectivity index (χ1v) is 10.9. The van der Waals surface area contributed by atoms with E-state index in [1.165, 1.54) is 10.5 Å². The number of aryl methyl sites for hydroxylation is 1. The van der Waals surface area contributed by atoms with Gasteiger partial charge in [-0.1, -0.05) is 36.4 Å². The van der Waals surface area contributed by atoms with Crippen LogP contribution in [-0.4, -0.2) is 48.1 Å². The Hall–Kier alpha value is -3.96. The summed E-state index contributed by atoms with van der Waals surface area (Å²) in [5, 5.41) is 12.5. The molecular weight excluding hydrogens is 418 g/mol. The van der Waals surface area contributed by atoms with Crippen LogP contribution in [0.4, 0.5) is 5.82 Å². The summed E-state index contributed by atoms with van der Waals surface area (Å²) < 4.78 is 6.89. The molecule has 1 N–H and O–H groups in total. The highest BCUT2D eigenvalue weighted by Crippen LogP contribution is 2.21. The minimum absolute atomic E-state index is 0.135. The lowest BCUT2D eigenvalue weighted by molar-refractivity contribution is -0.117. The number of carbonyl (C=O) groups excluding carboxylic acids is 1. The van der Waals surface area contributed by atoms with Crippen LogP contribution >= 0.6 is 0 Å². The number of nitrogens with one attached hydrogen (secondary N) is 1. The Morgan fingerprint density at radius 1 is 1.21 bits per heavy atom. The number of nitriles is 1. The van der Waals surface area contributed by atoms with E-state index in [0.717, 1.165) is 11.1 Å². The number of carbonyl (C=O) groups is 1. The molecule has 3 heterocycles. The molecule has 0 atom stereocenters. The Morgan fingerprint density at radius 2 is 1.97 bits per heavy atom. The third kappa shape index (κ3) is 4.94. The first-order valence-electron chi connectivity index (χ1n) is 10.9. The molecule has 8 heteroatoms. The van der Waals surface area contributed by atoms with Gasteiger partial charge >= 0.3 is 0 Å². The van der Waals surface area contributed by atoms with Crippen molar-refractivity contribution in [3.63, 3.8) is 0 Å². The van der Waals surface area contributed by atoms with E-state index in [4.69, 9.17) is 9.72 Å². The fourth-order valence-corrected chi connectivity index (χ4v) is 3.80. The van der Waals surface area contributed by atoms with E-state index in [0.29, 0.717) is 50.7 Å². The SMILES string of the molecule is Cc1cccn2c(=O)c(/C=C(\C#N)C(=O)NCCc3ccccc3)c(N3CCOCC3)nc12. The number of nitrogens with zero attached hydrogens (tertiary/aromatic N) is 4. The number of rotatable bonds is 6. The van der Waals surface area contributed by atoms with Crippen LogP contribution in [0.2, 0.25) is 0 Å². The smallest absolute Gasteiger partial charge is 0.267 e. The van der Waals surface area contributed by atoms with Gasteiger partial charge in [-0.2, -0.15) is 5.26 Å². The summed E-state index contributed by atoms with van der Waals surface area (Å²) in [5.41, 5.74) is 2.25. The quantitative estimate of drug-likeness (QED) is 0.463. The lowest BCUT2D eigenvalue weighted by Crippen LogP contribution is -2.39. The number of morpholine rings is 1. The predicted octanol–water partition coefficient (Wildman–Crippen LogP) is 2.11. The Balaban J connectivity index is 1.68. The van der Waals surface area contributed by atoms with E-state index in [1.54, 1.807) is 12.3 Å². The molecule has 168 valence electrons. The fraction of sp³-hybridized carbons (Fsp3) is 0.280. The summed E-state index contributed by atoms with van der Waals surface area (Å²) in [6.07, 6.45) is 3.64. The maximum absolute atomic E-state index is 13.4. The molecule has 2 aromatic heterocycles. The number of hydrogen-bond acceptors (Lipinski definition) is 6. The molecule has 1 aromatic carbocycles. The summed E-state index contributed by atoms with van der Waals surface area (Å²) in [6.45, 7) is 4.45. The van der Waals surface area contributed by atoms with Crippen molar-refractivity contribution in [2.45, 2.75) is 13.3 Å². The minimum Gasteiger partial charge on any atom is -0.378 e. The number of amides is 1. The van der Waals surface area contributed by atoms with Gasteiger partial charge in [-0.15, -0.1) is 0 Å². The van der Waals surface area contributed by atoms with Crippen LogP contribution < -0.4 is 15.8 Å². The van der Waals surface area contributed by atoms with Crippen molar-refractivity contribution in [3.05, 3.63) is 81.3 Å². The average Bonchev–Trinajstić information content (AvgIpc) is 2.85. The number of ether oxygens (including phenoxy) is 1. The second-order valence-electron chi connectivity index (χ2n) is 7.80. The Labute approximate surface area is 191 Å². The number of anilines is 1. The summed E-state index contributed by atoms with van der Waals surface area (Å²) in [6, 6.07) is 15.4. The van der Waals surface area contributed by atoms with E-state index in [9.17, 15) is 14.9 Å². The average molecular weight is 444 g/mol. The molecule has 0 spiro atoms. The molecule has 1 amide bonds. The molecule has 0 saturated carbocycles. The summed E-state index contributed by atoms with van der Waals surface area (Å²) in [4.78, 5) is 32.8. The van der Waals surface area contributed by atoms with Gasteiger partial charge in [-0.3, -0.25) is 14.0 Å². The molecule has 0 unspecified atom stereocenters. The van der Waals surface area contributed by atoms with Crippen LogP contribution in [0.25, 0.3) is 11.7 Å². The molecule has 8 nitrogen and oxygen atoms in total. The van der Waals surface area contributed by atoms with E-state index in [2.05, 4.69) is 5.32 Å². The maximum Gasteiger partial charge on any atom is 0.267 e. The first-order chi connectivity index (χ1) is 16.1. The van der Waals surface area contributed by atoms with Crippen LogP contribution in [0, 0.1) is 18.3 Å². The number of aromatic nitrogens is 2. The molecule has 1 aliphatic rings. The predicted molar refractivity (Wildman–Crippen MR) is 126 cm³/mol. The lowest BCUT2D eigenvalue weighted by Gasteiger charge is -2.29. The van der Waals surface area contributed by atoms with Gasteiger partial charge in [0.1, 0.15) is 23.1 Å². The van der Waals surface area contributed by atoms with Crippen molar-refractivity contribution in [2.24, 2.45) is 0 Å². The van der Waals surface area contributed by atoms with Gasteiger partial charge in [0.25, 0.3) is 11.5 Å². The maximum atomic E-state index is 13.4. The van der Waals surface area contributed by atoms with E-state index < -0.39 is 5.91 Å².